The van der Waals surface area contributed by atoms with Crippen molar-refractivity contribution in [3.63, 3.8) is 0 Å². The second-order valence-corrected chi connectivity index (χ2v) is 4.75. The molecule has 2 rings (SSSR count). The summed E-state index contributed by atoms with van der Waals surface area (Å²) in [7, 11) is 0. The molecular formula is C16H21N3O. The molecule has 0 fully saturated rings. The maximum atomic E-state index is 12.2. The quantitative estimate of drug-likeness (QED) is 0.848. The fourth-order valence-corrected chi connectivity index (χ4v) is 2.09. The molecule has 20 heavy (non-hydrogen) atoms. The molecule has 0 saturated heterocycles. The van der Waals surface area contributed by atoms with Crippen LogP contribution in [0.3, 0.4) is 0 Å². The van der Waals surface area contributed by atoms with Crippen LogP contribution in [0, 0.1) is 0 Å². The highest BCUT2D eigenvalue weighted by Crippen LogP contribution is 2.24. The molecule has 0 aliphatic rings. The van der Waals surface area contributed by atoms with Crippen LogP contribution in [0.4, 0.5) is 5.82 Å². The smallest absolute Gasteiger partial charge is 0.253 e. The average Bonchev–Trinajstić information content (AvgIpc) is 2.50. The largest absolute Gasteiger partial charge is 0.370 e. The van der Waals surface area contributed by atoms with Gasteiger partial charge in [-0.05, 0) is 18.2 Å². The van der Waals surface area contributed by atoms with Gasteiger partial charge < -0.3 is 10.6 Å². The lowest BCUT2D eigenvalue weighted by Crippen LogP contribution is -2.24. The molecule has 0 bridgehead atoms. The van der Waals surface area contributed by atoms with Gasteiger partial charge >= 0.3 is 0 Å². The van der Waals surface area contributed by atoms with Crippen LogP contribution in [-0.2, 0) is 0 Å². The van der Waals surface area contributed by atoms with Gasteiger partial charge in [0, 0.05) is 24.7 Å². The van der Waals surface area contributed by atoms with Crippen LogP contribution < -0.4 is 10.6 Å². The number of nitrogens with zero attached hydrogens (tertiary/aromatic N) is 1. The number of nitrogens with one attached hydrogen (secondary N) is 2. The lowest BCUT2D eigenvalue weighted by atomic mass is 10.1. The van der Waals surface area contributed by atoms with Crippen molar-refractivity contribution >= 4 is 22.5 Å². The summed E-state index contributed by atoms with van der Waals surface area (Å²) in [5.74, 6) is 0.784. The number of carbonyl (C=O) groups is 1. The molecule has 0 saturated carbocycles. The van der Waals surface area contributed by atoms with Crippen molar-refractivity contribution < 1.29 is 4.79 Å². The summed E-state index contributed by atoms with van der Waals surface area (Å²) in [6.07, 6.45) is 3.62. The molecule has 0 spiro atoms. The summed E-state index contributed by atoms with van der Waals surface area (Å²) in [4.78, 5) is 16.6. The molecule has 4 heteroatoms. The van der Waals surface area contributed by atoms with E-state index in [4.69, 9.17) is 0 Å². The third kappa shape index (κ3) is 3.07. The standard InChI is InChI=1S/C16H21N3O/c1-3-9-17-15-13-8-6-5-7-12(13)14(11-19-15)16(20)18-10-4-2/h5-8,11H,3-4,9-10H2,1-2H3,(H,17,19)(H,18,20). The van der Waals surface area contributed by atoms with E-state index in [-0.39, 0.29) is 5.91 Å². The van der Waals surface area contributed by atoms with Gasteiger partial charge in [0.2, 0.25) is 0 Å². The molecule has 1 heterocycles. The second-order valence-electron chi connectivity index (χ2n) is 4.75. The number of carbonyl (C=O) groups excluding carboxylic acids is 1. The predicted molar refractivity (Wildman–Crippen MR) is 83.1 cm³/mol. The van der Waals surface area contributed by atoms with E-state index in [1.54, 1.807) is 6.20 Å². The summed E-state index contributed by atoms with van der Waals surface area (Å²) in [6.45, 7) is 5.71. The number of amides is 1. The minimum atomic E-state index is -0.0578. The van der Waals surface area contributed by atoms with Crippen molar-refractivity contribution in [1.29, 1.82) is 0 Å². The Morgan fingerprint density at radius 3 is 2.50 bits per heavy atom. The Hall–Kier alpha value is -2.10. The highest BCUT2D eigenvalue weighted by atomic mass is 16.1. The highest BCUT2D eigenvalue weighted by molar-refractivity contribution is 6.09. The van der Waals surface area contributed by atoms with E-state index >= 15 is 0 Å². The number of fused-ring (bicyclic) bond motifs is 1. The lowest BCUT2D eigenvalue weighted by Gasteiger charge is -2.11. The first kappa shape index (κ1) is 14.3. The van der Waals surface area contributed by atoms with Crippen molar-refractivity contribution in [2.45, 2.75) is 26.7 Å². The zero-order valence-corrected chi connectivity index (χ0v) is 12.1. The van der Waals surface area contributed by atoms with Crippen LogP contribution in [0.25, 0.3) is 10.8 Å². The Bertz CT molecular complexity index is 595. The van der Waals surface area contributed by atoms with Gasteiger partial charge in [-0.15, -0.1) is 0 Å². The number of rotatable bonds is 6. The van der Waals surface area contributed by atoms with Gasteiger partial charge in [-0.3, -0.25) is 4.79 Å². The van der Waals surface area contributed by atoms with Gasteiger partial charge in [0.05, 0.1) is 5.56 Å². The molecule has 1 aromatic heterocycles. The van der Waals surface area contributed by atoms with Gasteiger partial charge in [-0.25, -0.2) is 4.98 Å². The van der Waals surface area contributed by atoms with Crippen molar-refractivity contribution in [2.24, 2.45) is 0 Å². The summed E-state index contributed by atoms with van der Waals surface area (Å²) >= 11 is 0. The first-order valence-corrected chi connectivity index (χ1v) is 7.17. The van der Waals surface area contributed by atoms with E-state index < -0.39 is 0 Å². The molecule has 0 radical (unpaired) electrons. The first-order valence-electron chi connectivity index (χ1n) is 7.17. The molecule has 2 aromatic rings. The van der Waals surface area contributed by atoms with Gasteiger partial charge in [0.15, 0.2) is 0 Å². The zero-order valence-electron chi connectivity index (χ0n) is 12.1. The molecule has 4 nitrogen and oxygen atoms in total. The van der Waals surface area contributed by atoms with E-state index in [1.807, 2.05) is 31.2 Å². The molecule has 106 valence electrons. The van der Waals surface area contributed by atoms with Crippen LogP contribution in [0.5, 0.6) is 0 Å². The van der Waals surface area contributed by atoms with E-state index in [2.05, 4.69) is 22.5 Å². The van der Waals surface area contributed by atoms with Crippen LogP contribution in [0.1, 0.15) is 37.0 Å². The molecular weight excluding hydrogens is 250 g/mol. The van der Waals surface area contributed by atoms with Crippen molar-refractivity contribution in [1.82, 2.24) is 10.3 Å². The van der Waals surface area contributed by atoms with Gasteiger partial charge in [-0.2, -0.15) is 0 Å². The molecule has 1 aromatic carbocycles. The minimum absolute atomic E-state index is 0.0578. The molecule has 1 amide bonds. The Morgan fingerprint density at radius 1 is 1.10 bits per heavy atom. The lowest BCUT2D eigenvalue weighted by molar-refractivity contribution is 0.0955. The Morgan fingerprint density at radius 2 is 1.80 bits per heavy atom. The van der Waals surface area contributed by atoms with E-state index in [1.165, 1.54) is 0 Å². The van der Waals surface area contributed by atoms with E-state index in [0.29, 0.717) is 12.1 Å². The maximum Gasteiger partial charge on any atom is 0.253 e. The fourth-order valence-electron chi connectivity index (χ4n) is 2.09. The SMILES string of the molecule is CCCNC(=O)c1cnc(NCCC)c2ccccc12. The second kappa shape index (κ2) is 6.89. The number of aromatic nitrogens is 1. The van der Waals surface area contributed by atoms with Gasteiger partial charge in [-0.1, -0.05) is 38.1 Å². The monoisotopic (exact) mass is 271 g/mol. The molecule has 0 aliphatic carbocycles. The van der Waals surface area contributed by atoms with Crippen LogP contribution in [0.15, 0.2) is 30.5 Å². The molecule has 0 atom stereocenters. The van der Waals surface area contributed by atoms with E-state index in [0.717, 1.165) is 36.0 Å². The van der Waals surface area contributed by atoms with Crippen LogP contribution in [0.2, 0.25) is 0 Å². The average molecular weight is 271 g/mol. The summed E-state index contributed by atoms with van der Waals surface area (Å²) in [5.41, 5.74) is 0.635. The third-order valence-corrected chi connectivity index (χ3v) is 3.12. The normalized spacial score (nSPS) is 10.5. The number of anilines is 1. The highest BCUT2D eigenvalue weighted by Gasteiger charge is 2.12. The topological polar surface area (TPSA) is 54.0 Å². The molecule has 0 aliphatic heterocycles. The number of hydrogen-bond donors (Lipinski definition) is 2. The molecule has 2 N–H and O–H groups in total. The van der Waals surface area contributed by atoms with Crippen molar-refractivity contribution in [3.05, 3.63) is 36.0 Å². The predicted octanol–water partition coefficient (Wildman–Crippen LogP) is 3.20. The Balaban J connectivity index is 2.40. The summed E-state index contributed by atoms with van der Waals surface area (Å²) < 4.78 is 0. The summed E-state index contributed by atoms with van der Waals surface area (Å²) in [6, 6.07) is 7.88. The van der Waals surface area contributed by atoms with Crippen LogP contribution in [-0.4, -0.2) is 24.0 Å². The fraction of sp³-hybridized carbons (Fsp3) is 0.375. The Labute approximate surface area is 119 Å². The number of hydrogen-bond acceptors (Lipinski definition) is 3. The Kier molecular flexibility index (Phi) is 4.93. The van der Waals surface area contributed by atoms with E-state index in [9.17, 15) is 4.79 Å². The van der Waals surface area contributed by atoms with Crippen molar-refractivity contribution in [3.8, 4) is 0 Å². The molecule has 0 unspecified atom stereocenters. The van der Waals surface area contributed by atoms with Crippen molar-refractivity contribution in [2.75, 3.05) is 18.4 Å². The minimum Gasteiger partial charge on any atom is -0.370 e. The van der Waals surface area contributed by atoms with Crippen LogP contribution >= 0.6 is 0 Å². The number of benzene rings is 1. The summed E-state index contributed by atoms with van der Waals surface area (Å²) in [5, 5.41) is 8.14. The zero-order chi connectivity index (χ0) is 14.4. The third-order valence-electron chi connectivity index (χ3n) is 3.12. The first-order chi connectivity index (χ1) is 9.77. The number of pyridine rings is 1. The van der Waals surface area contributed by atoms with Gasteiger partial charge in [0.1, 0.15) is 5.82 Å². The van der Waals surface area contributed by atoms with Gasteiger partial charge in [0.25, 0.3) is 5.91 Å². The maximum absolute atomic E-state index is 12.2.